The molecule has 30 heavy (non-hydrogen) atoms. The highest BCUT2D eigenvalue weighted by atomic mass is 16.7. The van der Waals surface area contributed by atoms with E-state index in [1.54, 1.807) is 26.8 Å². The smallest absolute Gasteiger partial charge is 0.407 e. The average Bonchev–Trinajstić information content (AvgIpc) is 2.64. The van der Waals surface area contributed by atoms with Gasteiger partial charge >= 0.3 is 6.09 Å². The van der Waals surface area contributed by atoms with E-state index >= 15 is 0 Å². The number of hydrogen-bond donors (Lipinski definition) is 2. The van der Waals surface area contributed by atoms with E-state index in [0.717, 1.165) is 17.9 Å². The normalized spacial score (nSPS) is 21.6. The second kappa shape index (κ2) is 11.3. The molecule has 0 saturated carbocycles. The Morgan fingerprint density at radius 3 is 2.27 bits per heavy atom. The Labute approximate surface area is 179 Å². The van der Waals surface area contributed by atoms with E-state index in [1.165, 1.54) is 21.1 Å². The van der Waals surface area contributed by atoms with Crippen LogP contribution in [0.3, 0.4) is 0 Å². The van der Waals surface area contributed by atoms with Gasteiger partial charge in [-0.15, -0.1) is 0 Å². The highest BCUT2D eigenvalue weighted by Crippen LogP contribution is 2.26. The van der Waals surface area contributed by atoms with Gasteiger partial charge in [-0.3, -0.25) is 14.4 Å². The fourth-order valence-corrected chi connectivity index (χ4v) is 3.25. The van der Waals surface area contributed by atoms with Crippen LogP contribution in [0, 0.1) is 0 Å². The number of hydrogen-bond acceptors (Lipinski definition) is 6. The summed E-state index contributed by atoms with van der Waals surface area (Å²) in [5, 5.41) is 6.79. The lowest BCUT2D eigenvalue weighted by atomic mass is 9.87. The molecule has 0 bridgehead atoms. The number of hydroxylamine groups is 2. The van der Waals surface area contributed by atoms with Crippen molar-refractivity contribution in [1.82, 2.24) is 15.7 Å². The lowest BCUT2D eigenvalue weighted by Gasteiger charge is -2.39. The molecule has 0 aliphatic heterocycles. The van der Waals surface area contributed by atoms with E-state index in [0.29, 0.717) is 5.57 Å². The summed E-state index contributed by atoms with van der Waals surface area (Å²) in [5.41, 5.74) is -0.253. The van der Waals surface area contributed by atoms with Gasteiger partial charge in [0.2, 0.25) is 5.91 Å². The SMILES string of the molecule is CCC(CC)O[C@@H]1C=C(C(=O)N(C)OC)C[C@H](NC(=O)OC(C)(C)C)[C@H]1NC(C)=O. The summed E-state index contributed by atoms with van der Waals surface area (Å²) in [4.78, 5) is 42.1. The molecule has 2 N–H and O–H groups in total. The van der Waals surface area contributed by atoms with Gasteiger partial charge < -0.3 is 20.1 Å². The van der Waals surface area contributed by atoms with Gasteiger partial charge in [0.15, 0.2) is 0 Å². The maximum atomic E-state index is 12.7. The predicted molar refractivity (Wildman–Crippen MR) is 112 cm³/mol. The van der Waals surface area contributed by atoms with Gasteiger partial charge in [-0.05, 0) is 39.7 Å². The second-order valence-corrected chi connectivity index (χ2v) is 8.40. The van der Waals surface area contributed by atoms with Crippen molar-refractivity contribution in [3.63, 3.8) is 0 Å². The molecule has 1 aliphatic rings. The zero-order chi connectivity index (χ0) is 23.1. The van der Waals surface area contributed by atoms with E-state index < -0.39 is 29.9 Å². The van der Waals surface area contributed by atoms with Crippen molar-refractivity contribution in [2.75, 3.05) is 14.2 Å². The summed E-state index contributed by atoms with van der Waals surface area (Å²) >= 11 is 0. The molecule has 172 valence electrons. The summed E-state index contributed by atoms with van der Waals surface area (Å²) in [6, 6.07) is -1.16. The van der Waals surface area contributed by atoms with E-state index in [-0.39, 0.29) is 24.3 Å². The Kier molecular flexibility index (Phi) is 9.77. The minimum atomic E-state index is -0.682. The first-order chi connectivity index (χ1) is 13.9. The van der Waals surface area contributed by atoms with Crippen LogP contribution in [0.15, 0.2) is 11.6 Å². The quantitative estimate of drug-likeness (QED) is 0.576. The fourth-order valence-electron chi connectivity index (χ4n) is 3.25. The number of nitrogens with zero attached hydrogens (tertiary/aromatic N) is 1. The number of alkyl carbamates (subject to hydrolysis) is 1. The Morgan fingerprint density at radius 2 is 1.80 bits per heavy atom. The van der Waals surface area contributed by atoms with Crippen LogP contribution >= 0.6 is 0 Å². The van der Waals surface area contributed by atoms with Gasteiger partial charge in [-0.25, -0.2) is 9.86 Å². The molecule has 0 radical (unpaired) electrons. The molecule has 0 spiro atoms. The third-order valence-corrected chi connectivity index (χ3v) is 4.76. The molecule has 9 nitrogen and oxygen atoms in total. The molecule has 0 fully saturated rings. The van der Waals surface area contributed by atoms with Gasteiger partial charge in [0, 0.05) is 26.0 Å². The zero-order valence-corrected chi connectivity index (χ0v) is 19.4. The number of rotatable bonds is 8. The Bertz CT molecular complexity index is 639. The number of likely N-dealkylation sites (N-methyl/N-ethyl adjacent to an activating group) is 1. The first kappa shape index (κ1) is 25.9. The summed E-state index contributed by atoms with van der Waals surface area (Å²) in [7, 11) is 2.91. The lowest BCUT2D eigenvalue weighted by molar-refractivity contribution is -0.164. The molecular formula is C21H37N3O6. The number of carbonyl (C=O) groups is 3. The third kappa shape index (κ3) is 7.95. The second-order valence-electron chi connectivity index (χ2n) is 8.40. The van der Waals surface area contributed by atoms with Gasteiger partial charge in [0.05, 0.1) is 31.4 Å². The molecule has 1 aliphatic carbocycles. The first-order valence-electron chi connectivity index (χ1n) is 10.4. The van der Waals surface area contributed by atoms with Crippen LogP contribution in [0.4, 0.5) is 4.79 Å². The van der Waals surface area contributed by atoms with Crippen molar-refractivity contribution in [1.29, 1.82) is 0 Å². The molecular weight excluding hydrogens is 390 g/mol. The molecule has 3 amide bonds. The van der Waals surface area contributed by atoms with Crippen LogP contribution in [-0.4, -0.2) is 67.0 Å². The van der Waals surface area contributed by atoms with Crippen LogP contribution in [0.25, 0.3) is 0 Å². The summed E-state index contributed by atoms with van der Waals surface area (Å²) < 4.78 is 11.6. The highest BCUT2D eigenvalue weighted by molar-refractivity contribution is 5.93. The summed E-state index contributed by atoms with van der Waals surface area (Å²) in [5.74, 6) is -0.598. The van der Waals surface area contributed by atoms with E-state index in [1.807, 2.05) is 13.8 Å². The molecule has 0 aromatic heterocycles. The van der Waals surface area contributed by atoms with Gasteiger partial charge in [0.1, 0.15) is 5.60 Å². The highest BCUT2D eigenvalue weighted by Gasteiger charge is 2.39. The maximum absolute atomic E-state index is 12.7. The van der Waals surface area contributed by atoms with Crippen LogP contribution < -0.4 is 10.6 Å². The predicted octanol–water partition coefficient (Wildman–Crippen LogP) is 2.31. The summed E-state index contributed by atoms with van der Waals surface area (Å²) in [6.45, 7) is 10.7. The topological polar surface area (TPSA) is 106 Å². The van der Waals surface area contributed by atoms with Crippen molar-refractivity contribution in [2.45, 2.75) is 90.7 Å². The molecule has 0 saturated heterocycles. The maximum Gasteiger partial charge on any atom is 0.407 e. The molecule has 1 rings (SSSR count). The Hall–Kier alpha value is -2.13. The molecule has 0 aromatic carbocycles. The third-order valence-electron chi connectivity index (χ3n) is 4.76. The number of nitrogens with one attached hydrogen (secondary N) is 2. The molecule has 9 heteroatoms. The van der Waals surface area contributed by atoms with Crippen LogP contribution in [-0.2, 0) is 23.9 Å². The Morgan fingerprint density at radius 1 is 1.20 bits per heavy atom. The van der Waals surface area contributed by atoms with Crippen molar-refractivity contribution >= 4 is 17.9 Å². The van der Waals surface area contributed by atoms with Crippen LogP contribution in [0.2, 0.25) is 0 Å². The van der Waals surface area contributed by atoms with Gasteiger partial charge in [0.25, 0.3) is 5.91 Å². The minimum Gasteiger partial charge on any atom is -0.444 e. The van der Waals surface area contributed by atoms with Crippen LogP contribution in [0.5, 0.6) is 0 Å². The van der Waals surface area contributed by atoms with Crippen molar-refractivity contribution < 1.29 is 28.7 Å². The van der Waals surface area contributed by atoms with E-state index in [2.05, 4.69) is 10.6 Å². The van der Waals surface area contributed by atoms with Gasteiger partial charge in [-0.2, -0.15) is 0 Å². The zero-order valence-electron chi connectivity index (χ0n) is 19.4. The summed E-state index contributed by atoms with van der Waals surface area (Å²) in [6.07, 6.45) is 2.18. The fraction of sp³-hybridized carbons (Fsp3) is 0.762. The lowest BCUT2D eigenvalue weighted by Crippen LogP contribution is -2.60. The molecule has 0 aromatic rings. The minimum absolute atomic E-state index is 0.0562. The van der Waals surface area contributed by atoms with Crippen molar-refractivity contribution in [3.05, 3.63) is 11.6 Å². The number of carbonyl (C=O) groups excluding carboxylic acids is 3. The van der Waals surface area contributed by atoms with Gasteiger partial charge in [-0.1, -0.05) is 13.8 Å². The Balaban J connectivity index is 3.27. The van der Waals surface area contributed by atoms with E-state index in [9.17, 15) is 14.4 Å². The number of ether oxygens (including phenoxy) is 2. The van der Waals surface area contributed by atoms with Crippen molar-refractivity contribution in [3.8, 4) is 0 Å². The largest absolute Gasteiger partial charge is 0.444 e. The average molecular weight is 428 g/mol. The number of amides is 3. The first-order valence-corrected chi connectivity index (χ1v) is 10.4. The van der Waals surface area contributed by atoms with Crippen molar-refractivity contribution in [2.24, 2.45) is 0 Å². The monoisotopic (exact) mass is 427 g/mol. The van der Waals surface area contributed by atoms with Crippen LogP contribution in [0.1, 0.15) is 60.8 Å². The van der Waals surface area contributed by atoms with E-state index in [4.69, 9.17) is 14.3 Å². The molecule has 3 atom stereocenters. The molecule has 0 heterocycles. The standard InChI is InChI=1S/C21H37N3O6/c1-9-15(10-2)29-17-12-14(19(26)24(7)28-8)11-16(18(17)22-13(3)25)23-20(27)30-21(4,5)6/h12,15-18H,9-11H2,1-8H3,(H,22,25)(H,23,27)/t16-,17+,18+/m0/s1. The molecule has 0 unspecified atom stereocenters.